The van der Waals surface area contributed by atoms with E-state index < -0.39 is 0 Å². The lowest BCUT2D eigenvalue weighted by Gasteiger charge is -2.26. The SMILES string of the molecule is CC(C)NC(CN(C)CC1CCCC1)C(N)=O. The van der Waals surface area contributed by atoms with Gasteiger partial charge in [-0.3, -0.25) is 4.79 Å². The van der Waals surface area contributed by atoms with Gasteiger partial charge in [-0.1, -0.05) is 26.7 Å². The van der Waals surface area contributed by atoms with Gasteiger partial charge in [0.2, 0.25) is 5.91 Å². The maximum Gasteiger partial charge on any atom is 0.235 e. The number of nitrogens with two attached hydrogens (primary N) is 1. The summed E-state index contributed by atoms with van der Waals surface area (Å²) in [5.41, 5.74) is 5.41. The van der Waals surface area contributed by atoms with E-state index in [4.69, 9.17) is 5.73 Å². The Bertz CT molecular complexity index is 237. The lowest BCUT2D eigenvalue weighted by Crippen LogP contribution is -2.51. The maximum atomic E-state index is 11.3. The Labute approximate surface area is 105 Å². The number of hydrogen-bond donors (Lipinski definition) is 2. The number of carbonyl (C=O) groups excluding carboxylic acids is 1. The topological polar surface area (TPSA) is 58.4 Å². The van der Waals surface area contributed by atoms with Gasteiger partial charge in [-0.25, -0.2) is 0 Å². The quantitative estimate of drug-likeness (QED) is 0.698. The second-order valence-corrected chi connectivity index (χ2v) is 5.65. The van der Waals surface area contributed by atoms with Crippen LogP contribution in [0.3, 0.4) is 0 Å². The van der Waals surface area contributed by atoms with Gasteiger partial charge in [0.05, 0.1) is 6.04 Å². The number of hydrogen-bond acceptors (Lipinski definition) is 3. The normalized spacial score (nSPS) is 19.1. The van der Waals surface area contributed by atoms with Crippen LogP contribution in [0.2, 0.25) is 0 Å². The summed E-state index contributed by atoms with van der Waals surface area (Å²) in [6.45, 7) is 5.87. The van der Waals surface area contributed by atoms with Gasteiger partial charge in [0, 0.05) is 19.1 Å². The molecule has 1 aliphatic carbocycles. The van der Waals surface area contributed by atoms with E-state index in [1.807, 2.05) is 13.8 Å². The third-order valence-corrected chi connectivity index (χ3v) is 3.42. The summed E-state index contributed by atoms with van der Waals surface area (Å²) < 4.78 is 0. The first kappa shape index (κ1) is 14.5. The van der Waals surface area contributed by atoms with Crippen molar-refractivity contribution >= 4 is 5.91 Å². The standard InChI is InChI=1S/C13H27N3O/c1-10(2)15-12(13(14)17)9-16(3)8-11-6-4-5-7-11/h10-12,15H,4-9H2,1-3H3,(H2,14,17). The molecule has 0 aliphatic heterocycles. The smallest absolute Gasteiger partial charge is 0.235 e. The van der Waals surface area contributed by atoms with Crippen molar-refractivity contribution in [3.8, 4) is 0 Å². The van der Waals surface area contributed by atoms with Crippen LogP contribution in [0.5, 0.6) is 0 Å². The summed E-state index contributed by atoms with van der Waals surface area (Å²) in [7, 11) is 2.08. The fourth-order valence-electron chi connectivity index (χ4n) is 2.65. The molecule has 1 fully saturated rings. The molecule has 1 aliphatic rings. The minimum Gasteiger partial charge on any atom is -0.368 e. The van der Waals surface area contributed by atoms with Crippen molar-refractivity contribution in [2.24, 2.45) is 11.7 Å². The summed E-state index contributed by atoms with van der Waals surface area (Å²) in [4.78, 5) is 13.6. The van der Waals surface area contributed by atoms with Gasteiger partial charge in [0.1, 0.15) is 0 Å². The monoisotopic (exact) mass is 241 g/mol. The highest BCUT2D eigenvalue weighted by atomic mass is 16.1. The first-order chi connectivity index (χ1) is 7.99. The van der Waals surface area contributed by atoms with Gasteiger partial charge >= 0.3 is 0 Å². The molecule has 1 rings (SSSR count). The third kappa shape index (κ3) is 5.50. The van der Waals surface area contributed by atoms with Crippen LogP contribution in [0.25, 0.3) is 0 Å². The molecule has 1 amide bonds. The first-order valence-electron chi connectivity index (χ1n) is 6.73. The van der Waals surface area contributed by atoms with Crippen molar-refractivity contribution < 1.29 is 4.79 Å². The zero-order valence-corrected chi connectivity index (χ0v) is 11.4. The summed E-state index contributed by atoms with van der Waals surface area (Å²) >= 11 is 0. The predicted molar refractivity (Wildman–Crippen MR) is 70.7 cm³/mol. The Morgan fingerprint density at radius 1 is 1.41 bits per heavy atom. The third-order valence-electron chi connectivity index (χ3n) is 3.42. The Kier molecular flexibility index (Phi) is 5.92. The van der Waals surface area contributed by atoms with E-state index in [0.29, 0.717) is 6.54 Å². The highest BCUT2D eigenvalue weighted by Crippen LogP contribution is 2.25. The van der Waals surface area contributed by atoms with Crippen molar-refractivity contribution in [1.29, 1.82) is 0 Å². The molecule has 0 spiro atoms. The average Bonchev–Trinajstić information content (AvgIpc) is 2.68. The van der Waals surface area contributed by atoms with Gasteiger partial charge in [0.25, 0.3) is 0 Å². The number of rotatable bonds is 7. The second kappa shape index (κ2) is 6.97. The van der Waals surface area contributed by atoms with Gasteiger partial charge in [-0.2, -0.15) is 0 Å². The molecule has 0 bridgehead atoms. The summed E-state index contributed by atoms with van der Waals surface area (Å²) in [6.07, 6.45) is 5.40. The lowest BCUT2D eigenvalue weighted by molar-refractivity contribution is -0.120. The zero-order valence-electron chi connectivity index (χ0n) is 11.4. The molecule has 0 heterocycles. The molecule has 0 aromatic carbocycles. The zero-order chi connectivity index (χ0) is 12.8. The number of nitrogens with one attached hydrogen (secondary N) is 1. The number of primary amides is 1. The molecule has 4 heteroatoms. The van der Waals surface area contributed by atoms with E-state index >= 15 is 0 Å². The van der Waals surface area contributed by atoms with E-state index in [-0.39, 0.29) is 18.0 Å². The van der Waals surface area contributed by atoms with Crippen LogP contribution in [-0.4, -0.2) is 43.0 Å². The number of amides is 1. The van der Waals surface area contributed by atoms with Gasteiger partial charge in [-0.15, -0.1) is 0 Å². The Morgan fingerprint density at radius 3 is 2.47 bits per heavy atom. The maximum absolute atomic E-state index is 11.3. The van der Waals surface area contributed by atoms with Crippen LogP contribution in [0, 0.1) is 5.92 Å². The number of nitrogens with zero attached hydrogens (tertiary/aromatic N) is 1. The van der Waals surface area contributed by atoms with E-state index in [0.717, 1.165) is 12.5 Å². The van der Waals surface area contributed by atoms with Crippen molar-refractivity contribution in [2.45, 2.75) is 51.6 Å². The van der Waals surface area contributed by atoms with Crippen molar-refractivity contribution in [2.75, 3.05) is 20.1 Å². The Morgan fingerprint density at radius 2 is 2.00 bits per heavy atom. The highest BCUT2D eigenvalue weighted by molar-refractivity contribution is 5.80. The fraction of sp³-hybridized carbons (Fsp3) is 0.923. The van der Waals surface area contributed by atoms with E-state index in [1.165, 1.54) is 25.7 Å². The van der Waals surface area contributed by atoms with Crippen molar-refractivity contribution in [3.05, 3.63) is 0 Å². The average molecular weight is 241 g/mol. The molecule has 4 nitrogen and oxygen atoms in total. The van der Waals surface area contributed by atoms with Crippen LogP contribution in [0.15, 0.2) is 0 Å². The molecule has 3 N–H and O–H groups in total. The Hall–Kier alpha value is -0.610. The minimum absolute atomic E-state index is 0.235. The Balaban J connectivity index is 2.34. The van der Waals surface area contributed by atoms with Gasteiger partial charge < -0.3 is 16.0 Å². The fourth-order valence-corrected chi connectivity index (χ4v) is 2.65. The van der Waals surface area contributed by atoms with Crippen LogP contribution in [0.4, 0.5) is 0 Å². The molecule has 100 valence electrons. The molecule has 1 unspecified atom stereocenters. The predicted octanol–water partition coefficient (Wildman–Crippen LogP) is 0.960. The number of carbonyl (C=O) groups is 1. The molecule has 17 heavy (non-hydrogen) atoms. The molecule has 1 atom stereocenters. The van der Waals surface area contributed by atoms with E-state index in [1.54, 1.807) is 0 Å². The van der Waals surface area contributed by atoms with Crippen LogP contribution in [0.1, 0.15) is 39.5 Å². The van der Waals surface area contributed by atoms with Gasteiger partial charge in [-0.05, 0) is 25.8 Å². The summed E-state index contributed by atoms with van der Waals surface area (Å²) in [5.74, 6) is 0.560. The minimum atomic E-state index is -0.253. The molecule has 0 radical (unpaired) electrons. The highest BCUT2D eigenvalue weighted by Gasteiger charge is 2.21. The van der Waals surface area contributed by atoms with Crippen LogP contribution >= 0.6 is 0 Å². The summed E-state index contributed by atoms with van der Waals surface area (Å²) in [6, 6.07) is 0.0498. The molecular formula is C13H27N3O. The lowest BCUT2D eigenvalue weighted by atomic mass is 10.1. The van der Waals surface area contributed by atoms with E-state index in [9.17, 15) is 4.79 Å². The second-order valence-electron chi connectivity index (χ2n) is 5.65. The van der Waals surface area contributed by atoms with Crippen molar-refractivity contribution in [1.82, 2.24) is 10.2 Å². The molecule has 0 aromatic heterocycles. The molecule has 1 saturated carbocycles. The molecule has 0 saturated heterocycles. The first-order valence-corrected chi connectivity index (χ1v) is 6.73. The van der Waals surface area contributed by atoms with E-state index in [2.05, 4.69) is 17.3 Å². The summed E-state index contributed by atoms with van der Waals surface area (Å²) in [5, 5.41) is 3.22. The molecule has 0 aromatic rings. The van der Waals surface area contributed by atoms with Crippen LogP contribution in [-0.2, 0) is 4.79 Å². The number of likely N-dealkylation sites (N-methyl/N-ethyl adjacent to an activating group) is 1. The molecular weight excluding hydrogens is 214 g/mol. The van der Waals surface area contributed by atoms with Gasteiger partial charge in [0.15, 0.2) is 0 Å². The largest absolute Gasteiger partial charge is 0.368 e. The van der Waals surface area contributed by atoms with Crippen LogP contribution < -0.4 is 11.1 Å². The van der Waals surface area contributed by atoms with Crippen molar-refractivity contribution in [3.63, 3.8) is 0 Å².